The standard InChI is InChI=1S/C19H22N4O6/c24-11-14-2-1-8-22-18(26)7-9-21(19(27)23(14)22)20-17(25)6-4-13-3-5-15-16(10-13)29-12-28-15/h3,5,10-11,14H,1-2,4,6-9,12H2,(H,20,25)/t14-/m0/s1. The first kappa shape index (κ1) is 19.0. The summed E-state index contributed by atoms with van der Waals surface area (Å²) in [5, 5.41) is 3.62. The van der Waals surface area contributed by atoms with E-state index >= 15 is 0 Å². The largest absolute Gasteiger partial charge is 0.454 e. The third-order valence-electron chi connectivity index (χ3n) is 5.20. The molecule has 3 heterocycles. The number of nitrogens with one attached hydrogen (secondary N) is 1. The van der Waals surface area contributed by atoms with Crippen molar-refractivity contribution >= 4 is 24.1 Å². The molecule has 29 heavy (non-hydrogen) atoms. The predicted octanol–water partition coefficient (Wildman–Crippen LogP) is 0.612. The molecule has 0 radical (unpaired) electrons. The fourth-order valence-electron chi connectivity index (χ4n) is 3.70. The van der Waals surface area contributed by atoms with Crippen LogP contribution in [0.15, 0.2) is 18.2 Å². The molecular weight excluding hydrogens is 380 g/mol. The van der Waals surface area contributed by atoms with E-state index in [1.54, 1.807) is 6.07 Å². The van der Waals surface area contributed by atoms with Crippen molar-refractivity contribution in [3.63, 3.8) is 0 Å². The SMILES string of the molecule is O=C[C@@H]1CCCN2C(=O)CCN(NC(=O)CCc3ccc4c(c3)OCO4)C(=O)N12. The van der Waals surface area contributed by atoms with Gasteiger partial charge in [0.2, 0.25) is 18.6 Å². The van der Waals surface area contributed by atoms with Crippen LogP contribution < -0.4 is 14.9 Å². The third kappa shape index (κ3) is 3.82. The first-order chi connectivity index (χ1) is 14.1. The maximum atomic E-state index is 12.9. The number of nitrogens with zero attached hydrogens (tertiary/aromatic N) is 3. The molecule has 1 aromatic rings. The summed E-state index contributed by atoms with van der Waals surface area (Å²) >= 11 is 0. The Bertz CT molecular complexity index is 844. The molecule has 1 N–H and O–H groups in total. The molecule has 4 amide bonds. The van der Waals surface area contributed by atoms with Crippen LogP contribution in [0.3, 0.4) is 0 Å². The van der Waals surface area contributed by atoms with Gasteiger partial charge in [0.25, 0.3) is 0 Å². The third-order valence-corrected chi connectivity index (χ3v) is 5.20. The number of hydrogen-bond donors (Lipinski definition) is 1. The smallest absolute Gasteiger partial charge is 0.358 e. The summed E-state index contributed by atoms with van der Waals surface area (Å²) in [5.41, 5.74) is 3.49. The van der Waals surface area contributed by atoms with Crippen LogP contribution in [-0.4, -0.2) is 65.1 Å². The first-order valence-electron chi connectivity index (χ1n) is 9.61. The second-order valence-electron chi connectivity index (χ2n) is 7.11. The van der Waals surface area contributed by atoms with Crippen LogP contribution >= 0.6 is 0 Å². The van der Waals surface area contributed by atoms with E-state index in [1.165, 1.54) is 10.0 Å². The Kier molecular flexibility index (Phi) is 5.24. The Morgan fingerprint density at radius 3 is 2.86 bits per heavy atom. The van der Waals surface area contributed by atoms with Gasteiger partial charge >= 0.3 is 6.03 Å². The molecule has 2 fully saturated rings. The maximum absolute atomic E-state index is 12.9. The topological polar surface area (TPSA) is 108 Å². The van der Waals surface area contributed by atoms with Gasteiger partial charge < -0.3 is 14.3 Å². The highest BCUT2D eigenvalue weighted by atomic mass is 16.7. The van der Waals surface area contributed by atoms with Crippen LogP contribution in [-0.2, 0) is 20.8 Å². The Labute approximate surface area is 167 Å². The van der Waals surface area contributed by atoms with Gasteiger partial charge in [0.1, 0.15) is 12.3 Å². The lowest BCUT2D eigenvalue weighted by Gasteiger charge is -2.41. The Hall–Kier alpha value is -3.30. The summed E-state index contributed by atoms with van der Waals surface area (Å²) in [6.45, 7) is 0.636. The molecule has 0 unspecified atom stereocenters. The lowest BCUT2D eigenvalue weighted by Crippen LogP contribution is -2.61. The summed E-state index contributed by atoms with van der Waals surface area (Å²) in [7, 11) is 0. The van der Waals surface area contributed by atoms with Crippen LogP contribution in [0.5, 0.6) is 11.5 Å². The molecule has 3 aliphatic rings. The molecular formula is C19H22N4O6. The summed E-state index contributed by atoms with van der Waals surface area (Å²) in [6.07, 6.45) is 2.50. The number of carbonyl (C=O) groups is 4. The minimum atomic E-state index is -0.702. The van der Waals surface area contributed by atoms with Gasteiger partial charge in [0.05, 0.1) is 6.54 Å². The number of hydrazine groups is 2. The molecule has 2 saturated heterocycles. The van der Waals surface area contributed by atoms with Crippen LogP contribution in [0.25, 0.3) is 0 Å². The van der Waals surface area contributed by atoms with Crippen LogP contribution in [0, 0.1) is 0 Å². The highest BCUT2D eigenvalue weighted by Gasteiger charge is 2.40. The quantitative estimate of drug-likeness (QED) is 0.723. The number of aryl methyl sites for hydroxylation is 1. The number of benzene rings is 1. The Morgan fingerprint density at radius 2 is 2.03 bits per heavy atom. The zero-order valence-corrected chi connectivity index (χ0v) is 15.8. The second kappa shape index (κ2) is 7.98. The monoisotopic (exact) mass is 402 g/mol. The van der Waals surface area contributed by atoms with E-state index in [2.05, 4.69) is 5.43 Å². The van der Waals surface area contributed by atoms with Crippen LogP contribution in [0.2, 0.25) is 0 Å². The normalized spacial score (nSPS) is 21.0. The molecule has 1 atom stereocenters. The number of aldehydes is 1. The first-order valence-corrected chi connectivity index (χ1v) is 9.61. The molecule has 0 aromatic heterocycles. The average molecular weight is 402 g/mol. The predicted molar refractivity (Wildman–Crippen MR) is 98.4 cm³/mol. The minimum Gasteiger partial charge on any atom is -0.454 e. The lowest BCUT2D eigenvalue weighted by atomic mass is 10.1. The minimum absolute atomic E-state index is 0.0615. The van der Waals surface area contributed by atoms with Gasteiger partial charge in [-0.15, -0.1) is 0 Å². The van der Waals surface area contributed by atoms with E-state index in [4.69, 9.17) is 9.47 Å². The molecule has 4 rings (SSSR count). The van der Waals surface area contributed by atoms with Crippen LogP contribution in [0.1, 0.15) is 31.2 Å². The molecule has 154 valence electrons. The number of urea groups is 1. The molecule has 0 bridgehead atoms. The number of rotatable bonds is 5. The highest BCUT2D eigenvalue weighted by Crippen LogP contribution is 2.32. The number of carbonyl (C=O) groups excluding carboxylic acids is 4. The van der Waals surface area contributed by atoms with Crippen molar-refractivity contribution in [1.29, 1.82) is 0 Å². The van der Waals surface area contributed by atoms with E-state index in [0.717, 1.165) is 10.6 Å². The van der Waals surface area contributed by atoms with Gasteiger partial charge in [-0.05, 0) is 37.0 Å². The van der Waals surface area contributed by atoms with Crippen molar-refractivity contribution in [3.8, 4) is 11.5 Å². The van der Waals surface area contributed by atoms with Gasteiger partial charge in [-0.25, -0.2) is 19.8 Å². The zero-order valence-electron chi connectivity index (χ0n) is 15.8. The van der Waals surface area contributed by atoms with E-state index in [9.17, 15) is 19.2 Å². The van der Waals surface area contributed by atoms with Gasteiger partial charge in [-0.2, -0.15) is 0 Å². The van der Waals surface area contributed by atoms with Crippen molar-refractivity contribution in [2.75, 3.05) is 19.9 Å². The van der Waals surface area contributed by atoms with Crippen molar-refractivity contribution in [3.05, 3.63) is 23.8 Å². The van der Waals surface area contributed by atoms with Crippen molar-refractivity contribution < 1.29 is 28.7 Å². The van der Waals surface area contributed by atoms with E-state index in [0.29, 0.717) is 43.6 Å². The fraction of sp³-hybridized carbons (Fsp3) is 0.474. The Balaban J connectivity index is 1.38. The van der Waals surface area contributed by atoms with E-state index in [1.807, 2.05) is 12.1 Å². The fourth-order valence-corrected chi connectivity index (χ4v) is 3.70. The van der Waals surface area contributed by atoms with E-state index in [-0.39, 0.29) is 38.0 Å². The Morgan fingerprint density at radius 1 is 1.21 bits per heavy atom. The van der Waals surface area contributed by atoms with Gasteiger partial charge in [0.15, 0.2) is 11.5 Å². The zero-order chi connectivity index (χ0) is 20.4. The van der Waals surface area contributed by atoms with E-state index < -0.39 is 12.1 Å². The van der Waals surface area contributed by atoms with Gasteiger partial charge in [-0.1, -0.05) is 6.07 Å². The van der Waals surface area contributed by atoms with Gasteiger partial charge in [0, 0.05) is 19.4 Å². The molecule has 0 spiro atoms. The second-order valence-corrected chi connectivity index (χ2v) is 7.11. The van der Waals surface area contributed by atoms with Gasteiger partial charge in [-0.3, -0.25) is 15.0 Å². The molecule has 1 aromatic carbocycles. The number of ether oxygens (including phenoxy) is 2. The summed E-state index contributed by atoms with van der Waals surface area (Å²) < 4.78 is 10.6. The molecule has 10 nitrogen and oxygen atoms in total. The molecule has 3 aliphatic heterocycles. The molecule has 0 aliphatic carbocycles. The molecule has 0 saturated carbocycles. The van der Waals surface area contributed by atoms with Crippen molar-refractivity contribution in [2.45, 2.75) is 38.1 Å². The summed E-state index contributed by atoms with van der Waals surface area (Å²) in [4.78, 5) is 49.0. The number of hydrogen-bond acceptors (Lipinski definition) is 6. The summed E-state index contributed by atoms with van der Waals surface area (Å²) in [5.74, 6) is 0.738. The number of amides is 4. The van der Waals surface area contributed by atoms with Crippen molar-refractivity contribution in [2.24, 2.45) is 0 Å². The number of fused-ring (bicyclic) bond motifs is 2. The van der Waals surface area contributed by atoms with Crippen LogP contribution in [0.4, 0.5) is 4.79 Å². The average Bonchev–Trinajstić information content (AvgIpc) is 3.17. The maximum Gasteiger partial charge on any atom is 0.358 e. The van der Waals surface area contributed by atoms with Crippen molar-refractivity contribution in [1.82, 2.24) is 20.5 Å². The summed E-state index contributed by atoms with van der Waals surface area (Å²) in [6, 6.07) is 4.21. The molecule has 10 heteroatoms. The lowest BCUT2D eigenvalue weighted by molar-refractivity contribution is -0.151. The highest BCUT2D eigenvalue weighted by molar-refractivity contribution is 5.88.